The Hall–Kier alpha value is -2.97. The van der Waals surface area contributed by atoms with Gasteiger partial charge in [0.2, 0.25) is 0 Å². The molecular weight excluding hydrogens is 404 g/mol. The number of aryl methyl sites for hydroxylation is 1. The molecule has 1 N–H and O–H groups in total. The van der Waals surface area contributed by atoms with Gasteiger partial charge in [0.1, 0.15) is 11.2 Å². The van der Waals surface area contributed by atoms with Crippen LogP contribution in [0.25, 0.3) is 22.2 Å². The zero-order valence-corrected chi connectivity index (χ0v) is 18.8. The molecule has 5 rings (SSSR count). The number of hydrogen-bond donors (Lipinski definition) is 1. The van der Waals surface area contributed by atoms with Crippen molar-refractivity contribution >= 4 is 22.4 Å². The number of fused-ring (bicyclic) bond motifs is 1. The molecule has 1 atom stereocenters. The monoisotopic (exact) mass is 434 g/mol. The van der Waals surface area contributed by atoms with Gasteiger partial charge >= 0.3 is 0 Å². The average Bonchev–Trinajstić information content (AvgIpc) is 3.34. The zero-order valence-electron chi connectivity index (χ0n) is 18.8. The van der Waals surface area contributed by atoms with Gasteiger partial charge in [-0.3, -0.25) is 4.79 Å². The van der Waals surface area contributed by atoms with E-state index in [-0.39, 0.29) is 11.7 Å². The summed E-state index contributed by atoms with van der Waals surface area (Å²) >= 11 is 0. The van der Waals surface area contributed by atoms with E-state index in [2.05, 4.69) is 51.4 Å². The molecular formula is C24H30N6O2. The van der Waals surface area contributed by atoms with E-state index in [0.29, 0.717) is 23.3 Å². The predicted octanol–water partition coefficient (Wildman–Crippen LogP) is 2.34. The topological polar surface area (TPSA) is 75.5 Å². The van der Waals surface area contributed by atoms with Crippen LogP contribution in [0.3, 0.4) is 0 Å². The normalized spacial score (nSPS) is 19.6. The number of nitrogens with one attached hydrogen (secondary N) is 1. The molecule has 2 saturated heterocycles. The second kappa shape index (κ2) is 8.88. The van der Waals surface area contributed by atoms with Crippen LogP contribution in [0.15, 0.2) is 41.5 Å². The van der Waals surface area contributed by atoms with Crippen molar-refractivity contribution in [3.63, 3.8) is 0 Å². The summed E-state index contributed by atoms with van der Waals surface area (Å²) in [6.45, 7) is 5.65. The third-order valence-electron chi connectivity index (χ3n) is 6.46. The number of ether oxygens (including phenoxy) is 1. The van der Waals surface area contributed by atoms with E-state index in [0.717, 1.165) is 56.9 Å². The molecule has 0 radical (unpaired) electrons. The molecule has 0 spiro atoms. The molecule has 4 heterocycles. The Kier molecular flexibility index (Phi) is 5.80. The summed E-state index contributed by atoms with van der Waals surface area (Å²) in [5.41, 5.74) is 3.59. The molecule has 3 aromatic rings. The number of hydrogen-bond acceptors (Lipinski definition) is 7. The average molecular weight is 435 g/mol. The third kappa shape index (κ3) is 4.20. The summed E-state index contributed by atoms with van der Waals surface area (Å²) in [4.78, 5) is 27.0. The molecule has 0 bridgehead atoms. The number of piperazine rings is 1. The lowest BCUT2D eigenvalue weighted by molar-refractivity contribution is 0.120. The highest BCUT2D eigenvalue weighted by Gasteiger charge is 2.19. The maximum Gasteiger partial charge on any atom is 0.264 e. The van der Waals surface area contributed by atoms with Gasteiger partial charge in [0, 0.05) is 57.6 Å². The van der Waals surface area contributed by atoms with Gasteiger partial charge in [-0.1, -0.05) is 12.1 Å². The minimum absolute atomic E-state index is 0.102. The summed E-state index contributed by atoms with van der Waals surface area (Å²) in [6, 6.07) is 10.4. The van der Waals surface area contributed by atoms with E-state index < -0.39 is 0 Å². The molecule has 0 unspecified atom stereocenters. The summed E-state index contributed by atoms with van der Waals surface area (Å²) in [5.74, 6) is 0.574. The van der Waals surface area contributed by atoms with Crippen molar-refractivity contribution in [1.82, 2.24) is 19.4 Å². The largest absolute Gasteiger partial charge is 0.376 e. The Morgan fingerprint density at radius 1 is 1.12 bits per heavy atom. The number of rotatable bonds is 5. The maximum atomic E-state index is 12.8. The highest BCUT2D eigenvalue weighted by Crippen LogP contribution is 2.27. The first-order valence-electron chi connectivity index (χ1n) is 11.3. The second-order valence-electron chi connectivity index (χ2n) is 8.76. The number of pyridine rings is 1. The van der Waals surface area contributed by atoms with Crippen LogP contribution in [-0.4, -0.2) is 71.9 Å². The Morgan fingerprint density at radius 2 is 1.91 bits per heavy atom. The van der Waals surface area contributed by atoms with Crippen molar-refractivity contribution in [2.75, 3.05) is 56.6 Å². The van der Waals surface area contributed by atoms with Gasteiger partial charge in [0.25, 0.3) is 5.56 Å². The molecule has 8 nitrogen and oxygen atoms in total. The first kappa shape index (κ1) is 20.9. The SMILES string of the molecule is CN1CCN(c2ccc(-c3cc4ncn(C)c(=O)c4c(NC[C@H]4CCCO4)n3)cc2)CC1. The van der Waals surface area contributed by atoms with Crippen LogP contribution in [0.1, 0.15) is 12.8 Å². The van der Waals surface area contributed by atoms with E-state index in [9.17, 15) is 4.79 Å². The number of likely N-dealkylation sites (N-methyl/N-ethyl adjacent to an activating group) is 1. The molecule has 32 heavy (non-hydrogen) atoms. The highest BCUT2D eigenvalue weighted by atomic mass is 16.5. The van der Waals surface area contributed by atoms with Crippen LogP contribution in [0.2, 0.25) is 0 Å². The van der Waals surface area contributed by atoms with Crippen molar-refractivity contribution in [3.8, 4) is 11.3 Å². The quantitative estimate of drug-likeness (QED) is 0.661. The Bertz CT molecular complexity index is 1150. The third-order valence-corrected chi connectivity index (χ3v) is 6.46. The number of anilines is 2. The van der Waals surface area contributed by atoms with Gasteiger partial charge in [-0.2, -0.15) is 0 Å². The lowest BCUT2D eigenvalue weighted by atomic mass is 10.1. The number of nitrogens with zero attached hydrogens (tertiary/aromatic N) is 5. The van der Waals surface area contributed by atoms with Gasteiger partial charge < -0.3 is 24.4 Å². The highest BCUT2D eigenvalue weighted by molar-refractivity contribution is 5.91. The molecule has 168 valence electrons. The molecule has 0 saturated carbocycles. The molecule has 1 aromatic carbocycles. The van der Waals surface area contributed by atoms with E-state index in [4.69, 9.17) is 9.72 Å². The van der Waals surface area contributed by atoms with Gasteiger partial charge in [0.05, 0.1) is 23.6 Å². The van der Waals surface area contributed by atoms with Crippen molar-refractivity contribution in [2.45, 2.75) is 18.9 Å². The molecule has 2 aromatic heterocycles. The Balaban J connectivity index is 1.46. The van der Waals surface area contributed by atoms with Crippen molar-refractivity contribution in [3.05, 3.63) is 47.0 Å². The van der Waals surface area contributed by atoms with Crippen molar-refractivity contribution in [2.24, 2.45) is 7.05 Å². The molecule has 0 amide bonds. The minimum Gasteiger partial charge on any atom is -0.376 e. The second-order valence-corrected chi connectivity index (χ2v) is 8.76. The van der Waals surface area contributed by atoms with Crippen LogP contribution in [-0.2, 0) is 11.8 Å². The molecule has 2 aliphatic rings. The summed E-state index contributed by atoms with van der Waals surface area (Å²) < 4.78 is 7.23. The first-order chi connectivity index (χ1) is 15.6. The predicted molar refractivity (Wildman–Crippen MR) is 127 cm³/mol. The fraction of sp³-hybridized carbons (Fsp3) is 0.458. The summed E-state index contributed by atoms with van der Waals surface area (Å²) in [6.07, 6.45) is 3.81. The Morgan fingerprint density at radius 3 is 2.62 bits per heavy atom. The van der Waals surface area contributed by atoms with Crippen molar-refractivity contribution < 1.29 is 4.74 Å². The zero-order chi connectivity index (χ0) is 22.1. The van der Waals surface area contributed by atoms with Gasteiger partial charge in [0.15, 0.2) is 0 Å². The van der Waals surface area contributed by atoms with Crippen LogP contribution >= 0.6 is 0 Å². The van der Waals surface area contributed by atoms with Crippen LogP contribution in [0, 0.1) is 0 Å². The first-order valence-corrected chi connectivity index (χ1v) is 11.3. The lowest BCUT2D eigenvalue weighted by Crippen LogP contribution is -2.44. The lowest BCUT2D eigenvalue weighted by Gasteiger charge is -2.34. The number of aromatic nitrogens is 3. The van der Waals surface area contributed by atoms with E-state index >= 15 is 0 Å². The van der Waals surface area contributed by atoms with Gasteiger partial charge in [-0.05, 0) is 38.1 Å². The fourth-order valence-corrected chi connectivity index (χ4v) is 4.42. The summed E-state index contributed by atoms with van der Waals surface area (Å²) in [5, 5.41) is 3.89. The Labute approximate surface area is 187 Å². The van der Waals surface area contributed by atoms with Gasteiger partial charge in [-0.25, -0.2) is 9.97 Å². The number of benzene rings is 1. The maximum absolute atomic E-state index is 12.8. The molecule has 2 aliphatic heterocycles. The van der Waals surface area contributed by atoms with E-state index in [1.807, 2.05) is 6.07 Å². The molecule has 0 aliphatic carbocycles. The van der Waals surface area contributed by atoms with Crippen LogP contribution in [0.5, 0.6) is 0 Å². The van der Waals surface area contributed by atoms with E-state index in [1.54, 1.807) is 13.4 Å². The van der Waals surface area contributed by atoms with E-state index in [1.165, 1.54) is 10.3 Å². The minimum atomic E-state index is -0.102. The standard InChI is InChI=1S/C24H30N6O2/c1-28-9-11-30(12-10-28)18-7-5-17(6-8-18)20-14-21-22(24(31)29(2)16-26-21)23(27-20)25-15-19-4-3-13-32-19/h5-8,14,16,19H,3-4,9-13,15H2,1-2H3,(H,25,27)/t19-/m1/s1. The smallest absolute Gasteiger partial charge is 0.264 e. The van der Waals surface area contributed by atoms with Gasteiger partial charge in [-0.15, -0.1) is 0 Å². The molecule has 8 heteroatoms. The van der Waals surface area contributed by atoms with Crippen LogP contribution < -0.4 is 15.8 Å². The summed E-state index contributed by atoms with van der Waals surface area (Å²) in [7, 11) is 3.88. The molecule has 2 fully saturated rings. The fourth-order valence-electron chi connectivity index (χ4n) is 4.42. The van der Waals surface area contributed by atoms with Crippen molar-refractivity contribution in [1.29, 1.82) is 0 Å². The van der Waals surface area contributed by atoms with Crippen LogP contribution in [0.4, 0.5) is 11.5 Å².